The van der Waals surface area contributed by atoms with Crippen molar-refractivity contribution >= 4 is 18.2 Å². The molecule has 0 aliphatic heterocycles. The topological polar surface area (TPSA) is 25.8 Å². The van der Waals surface area contributed by atoms with Crippen LogP contribution in [0, 0.1) is 0 Å². The second kappa shape index (κ2) is 2.02. The third-order valence-corrected chi connectivity index (χ3v) is 1.84. The molecule has 0 radical (unpaired) electrons. The van der Waals surface area contributed by atoms with E-state index in [1.54, 1.807) is 6.33 Å². The van der Waals surface area contributed by atoms with Gasteiger partial charge < -0.3 is 0 Å². The summed E-state index contributed by atoms with van der Waals surface area (Å²) in [7, 11) is 0. The van der Waals surface area contributed by atoms with Crippen molar-refractivity contribution in [3.8, 4) is 0 Å². The van der Waals surface area contributed by atoms with Gasteiger partial charge >= 0.3 is 0 Å². The summed E-state index contributed by atoms with van der Waals surface area (Å²) in [6, 6.07) is 0. The molecule has 0 aromatic carbocycles. The molecule has 1 aromatic heterocycles. The van der Waals surface area contributed by atoms with Crippen molar-refractivity contribution in [2.24, 2.45) is 0 Å². The van der Waals surface area contributed by atoms with Gasteiger partial charge in [0.1, 0.15) is 6.33 Å². The van der Waals surface area contributed by atoms with Crippen molar-refractivity contribution < 1.29 is 0 Å². The van der Waals surface area contributed by atoms with E-state index >= 15 is 0 Å². The van der Waals surface area contributed by atoms with Gasteiger partial charge in [-0.3, -0.25) is 0 Å². The molecular weight excluding hydrogens is 136 g/mol. The lowest BCUT2D eigenvalue weighted by molar-refractivity contribution is 1.09. The predicted octanol–water partition coefficient (Wildman–Crippen LogP) is 0.0843. The van der Waals surface area contributed by atoms with Crippen molar-refractivity contribution in [1.82, 2.24) is 9.97 Å². The first-order valence-corrected chi connectivity index (χ1v) is 3.48. The third kappa shape index (κ3) is 0.792. The van der Waals surface area contributed by atoms with Gasteiger partial charge in [0.15, 0.2) is 0 Å². The van der Waals surface area contributed by atoms with Gasteiger partial charge in [0.25, 0.3) is 0 Å². The summed E-state index contributed by atoms with van der Waals surface area (Å²) in [5, 5.41) is 1.91. The van der Waals surface area contributed by atoms with E-state index in [2.05, 4.69) is 16.5 Å². The highest BCUT2D eigenvalue weighted by atomic mass is 14.8. The van der Waals surface area contributed by atoms with Crippen molar-refractivity contribution in [1.29, 1.82) is 0 Å². The molecule has 0 saturated heterocycles. The first-order chi connectivity index (χ1) is 5.29. The number of fused-ring (bicyclic) bond motifs is 1. The van der Waals surface area contributed by atoms with Crippen molar-refractivity contribution in [3.63, 3.8) is 0 Å². The maximum atomic E-state index is 4.11. The number of aromatic nitrogens is 2. The largest absolute Gasteiger partial charge is 0.237 e. The van der Waals surface area contributed by atoms with E-state index in [1.807, 2.05) is 19.1 Å². The predicted molar refractivity (Wildman–Crippen MR) is 44.9 cm³/mol. The summed E-state index contributed by atoms with van der Waals surface area (Å²) in [5.41, 5.74) is 2.19. The number of allylic oxidation sites excluding steroid dienone is 1. The fourth-order valence-corrected chi connectivity index (χ4v) is 1.28. The van der Waals surface area contributed by atoms with Gasteiger partial charge in [-0.2, -0.15) is 0 Å². The Labute approximate surface area is 64.6 Å². The maximum Gasteiger partial charge on any atom is 0.116 e. The van der Waals surface area contributed by atoms with E-state index in [1.165, 1.54) is 5.57 Å². The highest BCUT2D eigenvalue weighted by molar-refractivity contribution is 5.72. The van der Waals surface area contributed by atoms with E-state index in [0.29, 0.717) is 0 Å². The lowest BCUT2D eigenvalue weighted by atomic mass is 10.2. The highest BCUT2D eigenvalue weighted by Crippen LogP contribution is 2.03. The van der Waals surface area contributed by atoms with E-state index in [-0.39, 0.29) is 0 Å². The molecule has 54 valence electrons. The average molecular weight is 144 g/mol. The van der Waals surface area contributed by atoms with Crippen LogP contribution in [0.4, 0.5) is 0 Å². The van der Waals surface area contributed by atoms with Crippen molar-refractivity contribution in [2.75, 3.05) is 0 Å². The summed E-state index contributed by atoms with van der Waals surface area (Å²) >= 11 is 0. The monoisotopic (exact) mass is 144 g/mol. The summed E-state index contributed by atoms with van der Waals surface area (Å²) in [5.74, 6) is 0. The molecule has 2 heteroatoms. The van der Waals surface area contributed by atoms with Crippen LogP contribution in [-0.4, -0.2) is 9.97 Å². The molecule has 0 saturated carbocycles. The van der Waals surface area contributed by atoms with Crippen LogP contribution in [-0.2, 0) is 0 Å². The van der Waals surface area contributed by atoms with Gasteiger partial charge in [0.05, 0.1) is 11.0 Å². The van der Waals surface area contributed by atoms with Crippen LogP contribution in [0.15, 0.2) is 12.4 Å². The first-order valence-electron chi connectivity index (χ1n) is 3.48. The van der Waals surface area contributed by atoms with Crippen LogP contribution >= 0.6 is 0 Å². The zero-order valence-electron chi connectivity index (χ0n) is 6.33. The van der Waals surface area contributed by atoms with Gasteiger partial charge in [-0.25, -0.2) is 9.97 Å². The molecular formula is C9H8N2. The number of hydrogen-bond donors (Lipinski definition) is 0. The lowest BCUT2D eigenvalue weighted by Gasteiger charge is -1.90. The minimum absolute atomic E-state index is 0.817. The Morgan fingerprint density at radius 1 is 1.27 bits per heavy atom. The van der Waals surface area contributed by atoms with Crippen LogP contribution in [0.3, 0.4) is 0 Å². The molecule has 0 atom stereocenters. The molecule has 0 amide bonds. The quantitative estimate of drug-likeness (QED) is 0.515. The highest BCUT2D eigenvalue weighted by Gasteiger charge is 2.02. The van der Waals surface area contributed by atoms with Crippen molar-refractivity contribution in [3.05, 3.63) is 28.7 Å². The van der Waals surface area contributed by atoms with Gasteiger partial charge in [-0.15, -0.1) is 0 Å². The second-order valence-electron chi connectivity index (χ2n) is 2.60. The summed E-state index contributed by atoms with van der Waals surface area (Å²) in [6.07, 6.45) is 5.57. The van der Waals surface area contributed by atoms with Crippen LogP contribution in [0.1, 0.15) is 12.6 Å². The SMILES string of the molecule is C=c1ncnc2c1=C(C)C=C2. The molecule has 0 N–H and O–H groups in total. The smallest absolute Gasteiger partial charge is 0.116 e. The molecule has 11 heavy (non-hydrogen) atoms. The molecule has 1 heterocycles. The number of rotatable bonds is 0. The van der Waals surface area contributed by atoms with Crippen LogP contribution in [0.2, 0.25) is 0 Å². The summed E-state index contributed by atoms with van der Waals surface area (Å²) in [6.45, 7) is 5.87. The Morgan fingerprint density at radius 3 is 2.82 bits per heavy atom. The Balaban J connectivity index is 3.03. The van der Waals surface area contributed by atoms with Gasteiger partial charge in [0.2, 0.25) is 0 Å². The molecule has 1 aliphatic carbocycles. The molecule has 0 spiro atoms. The van der Waals surface area contributed by atoms with Crippen molar-refractivity contribution in [2.45, 2.75) is 6.92 Å². The molecule has 1 aliphatic rings. The van der Waals surface area contributed by atoms with Crippen LogP contribution in [0.25, 0.3) is 18.2 Å². The van der Waals surface area contributed by atoms with E-state index in [4.69, 9.17) is 0 Å². The van der Waals surface area contributed by atoms with Gasteiger partial charge in [0, 0.05) is 5.22 Å². The van der Waals surface area contributed by atoms with Gasteiger partial charge in [-0.1, -0.05) is 12.7 Å². The summed E-state index contributed by atoms with van der Waals surface area (Å²) in [4.78, 5) is 8.13. The summed E-state index contributed by atoms with van der Waals surface area (Å²) < 4.78 is 0. The minimum atomic E-state index is 0.817. The van der Waals surface area contributed by atoms with Crippen LogP contribution < -0.4 is 10.6 Å². The van der Waals surface area contributed by atoms with Gasteiger partial charge in [-0.05, 0) is 18.6 Å². The molecule has 1 aromatic rings. The van der Waals surface area contributed by atoms with E-state index in [0.717, 1.165) is 16.3 Å². The Bertz CT molecular complexity index is 429. The Kier molecular flexibility index (Phi) is 1.15. The maximum absolute atomic E-state index is 4.11. The first kappa shape index (κ1) is 6.28. The Hall–Kier alpha value is -1.44. The number of hydrogen-bond acceptors (Lipinski definition) is 2. The molecule has 0 unspecified atom stereocenters. The van der Waals surface area contributed by atoms with Crippen LogP contribution in [0.5, 0.6) is 0 Å². The normalized spacial score (nSPS) is 13.7. The zero-order valence-corrected chi connectivity index (χ0v) is 6.33. The minimum Gasteiger partial charge on any atom is -0.237 e. The van der Waals surface area contributed by atoms with E-state index in [9.17, 15) is 0 Å². The standard InChI is InChI=1S/C9H8N2/c1-6-3-4-8-9(6)7(2)10-5-11-8/h3-5H,2H2,1H3. The fraction of sp³-hybridized carbons (Fsp3) is 0.111. The molecule has 0 bridgehead atoms. The third-order valence-electron chi connectivity index (χ3n) is 1.84. The molecule has 2 rings (SSSR count). The second-order valence-corrected chi connectivity index (χ2v) is 2.60. The lowest BCUT2D eigenvalue weighted by Crippen LogP contribution is -2.30. The number of nitrogens with zero attached hydrogens (tertiary/aromatic N) is 2. The Morgan fingerprint density at radius 2 is 2.09 bits per heavy atom. The zero-order chi connectivity index (χ0) is 7.84. The average Bonchev–Trinajstić information content (AvgIpc) is 2.34. The fourth-order valence-electron chi connectivity index (χ4n) is 1.28. The molecule has 2 nitrogen and oxygen atoms in total. The van der Waals surface area contributed by atoms with E-state index < -0.39 is 0 Å². The molecule has 0 fully saturated rings.